The second kappa shape index (κ2) is 5.51. The molecule has 1 N–H and O–H groups in total. The molecule has 1 aromatic heterocycles. The van der Waals surface area contributed by atoms with Crippen LogP contribution in [0.5, 0.6) is 0 Å². The molecule has 1 rings (SSSR count). The number of pyridine rings is 1. The standard InChI is InChI=1S/C8H10BrClN2/c9-7-1-2-8(12-5-7)6-11-4-3-10/h1-2,5,11H,3-4,6H2. The van der Waals surface area contributed by atoms with Crippen molar-refractivity contribution < 1.29 is 0 Å². The molecule has 0 saturated carbocycles. The number of hydrogen-bond acceptors (Lipinski definition) is 2. The molecule has 0 aliphatic heterocycles. The van der Waals surface area contributed by atoms with Gasteiger partial charge in [0.2, 0.25) is 0 Å². The summed E-state index contributed by atoms with van der Waals surface area (Å²) in [7, 11) is 0. The van der Waals surface area contributed by atoms with E-state index in [-0.39, 0.29) is 0 Å². The van der Waals surface area contributed by atoms with Gasteiger partial charge < -0.3 is 5.32 Å². The van der Waals surface area contributed by atoms with Crippen molar-refractivity contribution in [1.29, 1.82) is 0 Å². The van der Waals surface area contributed by atoms with Crippen molar-refractivity contribution in [1.82, 2.24) is 10.3 Å². The van der Waals surface area contributed by atoms with E-state index in [1.165, 1.54) is 0 Å². The number of halogens is 2. The van der Waals surface area contributed by atoms with E-state index in [0.29, 0.717) is 5.88 Å². The fourth-order valence-electron chi connectivity index (χ4n) is 0.794. The molecule has 66 valence electrons. The molecule has 0 fully saturated rings. The van der Waals surface area contributed by atoms with Gasteiger partial charge in [0.1, 0.15) is 0 Å². The van der Waals surface area contributed by atoms with Gasteiger partial charge in [0, 0.05) is 29.6 Å². The quantitative estimate of drug-likeness (QED) is 0.653. The summed E-state index contributed by atoms with van der Waals surface area (Å²) in [6.07, 6.45) is 1.79. The largest absolute Gasteiger partial charge is 0.310 e. The van der Waals surface area contributed by atoms with Crippen LogP contribution in [0, 0.1) is 0 Å². The SMILES string of the molecule is ClCCNCc1ccc(Br)cn1. The van der Waals surface area contributed by atoms with E-state index in [2.05, 4.69) is 26.2 Å². The van der Waals surface area contributed by atoms with Crippen LogP contribution in [0.15, 0.2) is 22.8 Å². The summed E-state index contributed by atoms with van der Waals surface area (Å²) in [5, 5.41) is 3.16. The van der Waals surface area contributed by atoms with E-state index in [1.54, 1.807) is 6.20 Å². The third-order valence-corrected chi connectivity index (χ3v) is 2.02. The van der Waals surface area contributed by atoms with E-state index >= 15 is 0 Å². The molecule has 0 bridgehead atoms. The molecule has 2 nitrogen and oxygen atoms in total. The van der Waals surface area contributed by atoms with Gasteiger partial charge in [-0.1, -0.05) is 0 Å². The van der Waals surface area contributed by atoms with E-state index in [1.807, 2.05) is 12.1 Å². The Kier molecular flexibility index (Phi) is 4.58. The first kappa shape index (κ1) is 9.96. The van der Waals surface area contributed by atoms with Crippen LogP contribution < -0.4 is 5.32 Å². The predicted molar refractivity (Wildman–Crippen MR) is 54.4 cm³/mol. The molecule has 0 amide bonds. The van der Waals surface area contributed by atoms with E-state index in [9.17, 15) is 0 Å². The van der Waals surface area contributed by atoms with Crippen molar-refractivity contribution in [2.75, 3.05) is 12.4 Å². The zero-order chi connectivity index (χ0) is 8.81. The third-order valence-electron chi connectivity index (χ3n) is 1.37. The Bertz CT molecular complexity index is 225. The van der Waals surface area contributed by atoms with Crippen LogP contribution in [0.25, 0.3) is 0 Å². The molecule has 0 atom stereocenters. The minimum atomic E-state index is 0.635. The molecule has 0 saturated heterocycles. The number of alkyl halides is 1. The highest BCUT2D eigenvalue weighted by Crippen LogP contribution is 2.06. The molecule has 0 aromatic carbocycles. The lowest BCUT2D eigenvalue weighted by Gasteiger charge is -2.00. The number of aromatic nitrogens is 1. The normalized spacial score (nSPS) is 10.2. The van der Waals surface area contributed by atoms with Crippen molar-refractivity contribution >= 4 is 27.5 Å². The molecule has 0 spiro atoms. The monoisotopic (exact) mass is 248 g/mol. The van der Waals surface area contributed by atoms with Crippen LogP contribution >= 0.6 is 27.5 Å². The predicted octanol–water partition coefficient (Wildman–Crippen LogP) is 2.17. The Morgan fingerprint density at radius 3 is 2.92 bits per heavy atom. The molecule has 0 unspecified atom stereocenters. The van der Waals surface area contributed by atoms with Crippen molar-refractivity contribution in [2.45, 2.75) is 6.54 Å². The lowest BCUT2D eigenvalue weighted by molar-refractivity contribution is 0.713. The molecule has 0 aliphatic carbocycles. The smallest absolute Gasteiger partial charge is 0.0542 e. The Hall–Kier alpha value is -0.120. The summed E-state index contributed by atoms with van der Waals surface area (Å²) in [4.78, 5) is 4.20. The van der Waals surface area contributed by atoms with Crippen LogP contribution in [0.4, 0.5) is 0 Å². The Labute approximate surface area is 85.5 Å². The first-order chi connectivity index (χ1) is 5.83. The van der Waals surface area contributed by atoms with Gasteiger partial charge in [-0.2, -0.15) is 0 Å². The number of rotatable bonds is 4. The van der Waals surface area contributed by atoms with Gasteiger partial charge >= 0.3 is 0 Å². The average Bonchev–Trinajstić information content (AvgIpc) is 2.09. The first-order valence-electron chi connectivity index (χ1n) is 3.70. The van der Waals surface area contributed by atoms with Crippen molar-refractivity contribution in [3.63, 3.8) is 0 Å². The highest BCUT2D eigenvalue weighted by molar-refractivity contribution is 9.10. The Morgan fingerprint density at radius 2 is 2.33 bits per heavy atom. The minimum absolute atomic E-state index is 0.635. The zero-order valence-corrected chi connectivity index (χ0v) is 8.90. The summed E-state index contributed by atoms with van der Waals surface area (Å²) in [6, 6.07) is 3.95. The molecule has 4 heteroatoms. The maximum Gasteiger partial charge on any atom is 0.0542 e. The third kappa shape index (κ3) is 3.52. The van der Waals surface area contributed by atoms with Crippen LogP contribution in [0.3, 0.4) is 0 Å². The minimum Gasteiger partial charge on any atom is -0.310 e. The van der Waals surface area contributed by atoms with Gasteiger partial charge in [-0.25, -0.2) is 0 Å². The number of nitrogens with zero attached hydrogens (tertiary/aromatic N) is 1. The molecular formula is C8H10BrClN2. The molecule has 1 heterocycles. The Balaban J connectivity index is 2.37. The van der Waals surface area contributed by atoms with E-state index < -0.39 is 0 Å². The topological polar surface area (TPSA) is 24.9 Å². The lowest BCUT2D eigenvalue weighted by atomic mass is 10.3. The van der Waals surface area contributed by atoms with Crippen LogP contribution in [0.2, 0.25) is 0 Å². The van der Waals surface area contributed by atoms with Gasteiger partial charge in [0.25, 0.3) is 0 Å². The van der Waals surface area contributed by atoms with Gasteiger partial charge in [-0.15, -0.1) is 11.6 Å². The van der Waals surface area contributed by atoms with Crippen LogP contribution in [0.1, 0.15) is 5.69 Å². The summed E-state index contributed by atoms with van der Waals surface area (Å²) >= 11 is 8.83. The zero-order valence-electron chi connectivity index (χ0n) is 6.56. The summed E-state index contributed by atoms with van der Waals surface area (Å²) in [5.74, 6) is 0.635. The molecule has 1 aromatic rings. The second-order valence-electron chi connectivity index (χ2n) is 2.33. The van der Waals surface area contributed by atoms with Crippen LogP contribution in [-0.4, -0.2) is 17.4 Å². The van der Waals surface area contributed by atoms with E-state index in [4.69, 9.17) is 11.6 Å². The van der Waals surface area contributed by atoms with Crippen molar-refractivity contribution in [3.8, 4) is 0 Å². The maximum atomic E-state index is 5.50. The molecule has 0 radical (unpaired) electrons. The first-order valence-corrected chi connectivity index (χ1v) is 5.03. The highest BCUT2D eigenvalue weighted by Gasteiger charge is 1.92. The maximum absolute atomic E-state index is 5.50. The number of nitrogens with one attached hydrogen (secondary N) is 1. The average molecular weight is 250 g/mol. The highest BCUT2D eigenvalue weighted by atomic mass is 79.9. The van der Waals surface area contributed by atoms with Gasteiger partial charge in [0.15, 0.2) is 0 Å². The molecule has 12 heavy (non-hydrogen) atoms. The summed E-state index contributed by atoms with van der Waals surface area (Å²) < 4.78 is 1.00. The fraction of sp³-hybridized carbons (Fsp3) is 0.375. The summed E-state index contributed by atoms with van der Waals surface area (Å²) in [6.45, 7) is 1.60. The summed E-state index contributed by atoms with van der Waals surface area (Å²) in [5.41, 5.74) is 1.03. The van der Waals surface area contributed by atoms with Crippen molar-refractivity contribution in [3.05, 3.63) is 28.5 Å². The number of hydrogen-bond donors (Lipinski definition) is 1. The van der Waals surface area contributed by atoms with Gasteiger partial charge in [-0.05, 0) is 28.1 Å². The van der Waals surface area contributed by atoms with Crippen LogP contribution in [-0.2, 0) is 6.54 Å². The molecular weight excluding hydrogens is 239 g/mol. The fourth-order valence-corrected chi connectivity index (χ4v) is 1.16. The van der Waals surface area contributed by atoms with Crippen molar-refractivity contribution in [2.24, 2.45) is 0 Å². The second-order valence-corrected chi connectivity index (χ2v) is 3.63. The molecule has 0 aliphatic rings. The Morgan fingerprint density at radius 1 is 1.50 bits per heavy atom. The van der Waals surface area contributed by atoms with E-state index in [0.717, 1.165) is 23.3 Å². The lowest BCUT2D eigenvalue weighted by Crippen LogP contribution is -2.16. The van der Waals surface area contributed by atoms with Gasteiger partial charge in [0.05, 0.1) is 5.69 Å². The van der Waals surface area contributed by atoms with Gasteiger partial charge in [-0.3, -0.25) is 4.98 Å².